The van der Waals surface area contributed by atoms with Crippen LogP contribution < -0.4 is 0 Å². The third-order valence-electron chi connectivity index (χ3n) is 4.55. The number of hydrogen-bond donors (Lipinski definition) is 1. The van der Waals surface area contributed by atoms with Gasteiger partial charge in [0.1, 0.15) is 0 Å². The molecule has 0 spiro atoms. The normalized spacial score (nSPS) is 23.3. The van der Waals surface area contributed by atoms with Gasteiger partial charge in [0.05, 0.1) is 0 Å². The van der Waals surface area contributed by atoms with Gasteiger partial charge in [0.25, 0.3) is 0 Å². The first-order valence-corrected chi connectivity index (χ1v) is 8.04. The van der Waals surface area contributed by atoms with Gasteiger partial charge in [-0.2, -0.15) is 0 Å². The standard InChI is InChI=1S/C15H27N3O3/c1-16(8-5-6-14(19)20)15(21)18-11-7-13(12-18)17-9-3-2-4-10-17/h13H,2-12H2,1H3,(H,19,20). The molecular weight excluding hydrogens is 270 g/mol. The van der Waals surface area contributed by atoms with E-state index < -0.39 is 5.97 Å². The highest BCUT2D eigenvalue weighted by atomic mass is 16.4. The Kier molecular flexibility index (Phi) is 5.85. The van der Waals surface area contributed by atoms with Crippen LogP contribution in [0.25, 0.3) is 0 Å². The fraction of sp³-hybridized carbons (Fsp3) is 0.867. The number of amides is 2. The zero-order valence-electron chi connectivity index (χ0n) is 13.0. The van der Waals surface area contributed by atoms with Crippen LogP contribution in [0.3, 0.4) is 0 Å². The van der Waals surface area contributed by atoms with Gasteiger partial charge in [-0.05, 0) is 38.8 Å². The van der Waals surface area contributed by atoms with Crippen molar-refractivity contribution in [1.82, 2.24) is 14.7 Å². The van der Waals surface area contributed by atoms with E-state index in [-0.39, 0.29) is 12.5 Å². The first-order chi connectivity index (χ1) is 10.1. The Balaban J connectivity index is 1.74. The molecule has 0 radical (unpaired) electrons. The molecule has 0 aromatic heterocycles. The molecule has 1 N–H and O–H groups in total. The van der Waals surface area contributed by atoms with Gasteiger partial charge in [-0.3, -0.25) is 9.69 Å². The highest BCUT2D eigenvalue weighted by Gasteiger charge is 2.31. The SMILES string of the molecule is CN(CCCC(=O)O)C(=O)N1CCC(N2CCCCC2)C1. The minimum Gasteiger partial charge on any atom is -0.481 e. The van der Waals surface area contributed by atoms with Gasteiger partial charge in [-0.25, -0.2) is 4.79 Å². The van der Waals surface area contributed by atoms with E-state index in [4.69, 9.17) is 5.11 Å². The third kappa shape index (κ3) is 4.59. The molecule has 1 atom stereocenters. The van der Waals surface area contributed by atoms with Gasteiger partial charge in [-0.15, -0.1) is 0 Å². The summed E-state index contributed by atoms with van der Waals surface area (Å²) in [6.07, 6.45) is 5.58. The molecule has 0 aliphatic carbocycles. The first-order valence-electron chi connectivity index (χ1n) is 8.04. The van der Waals surface area contributed by atoms with Gasteiger partial charge in [-0.1, -0.05) is 6.42 Å². The molecule has 2 amide bonds. The molecule has 2 rings (SSSR count). The summed E-state index contributed by atoms with van der Waals surface area (Å²) < 4.78 is 0. The number of hydrogen-bond acceptors (Lipinski definition) is 3. The maximum absolute atomic E-state index is 12.3. The monoisotopic (exact) mass is 297 g/mol. The predicted molar refractivity (Wildman–Crippen MR) is 80.3 cm³/mol. The average Bonchev–Trinajstić information content (AvgIpc) is 2.96. The van der Waals surface area contributed by atoms with Crippen molar-refractivity contribution >= 4 is 12.0 Å². The molecule has 120 valence electrons. The lowest BCUT2D eigenvalue weighted by atomic mass is 10.1. The molecule has 0 aromatic carbocycles. The quantitative estimate of drug-likeness (QED) is 0.834. The Morgan fingerprint density at radius 2 is 1.90 bits per heavy atom. The maximum atomic E-state index is 12.3. The van der Waals surface area contributed by atoms with E-state index in [2.05, 4.69) is 4.90 Å². The van der Waals surface area contributed by atoms with E-state index in [9.17, 15) is 9.59 Å². The van der Waals surface area contributed by atoms with Crippen LogP contribution in [0, 0.1) is 0 Å². The van der Waals surface area contributed by atoms with Gasteiger partial charge in [0, 0.05) is 39.1 Å². The maximum Gasteiger partial charge on any atom is 0.319 e. The molecule has 1 unspecified atom stereocenters. The number of carboxylic acids is 1. The van der Waals surface area contributed by atoms with E-state index in [1.165, 1.54) is 32.4 Å². The highest BCUT2D eigenvalue weighted by Crippen LogP contribution is 2.20. The number of carboxylic acid groups (broad SMARTS) is 1. The highest BCUT2D eigenvalue weighted by molar-refractivity contribution is 5.74. The molecule has 6 heteroatoms. The van der Waals surface area contributed by atoms with E-state index in [1.807, 2.05) is 4.90 Å². The molecule has 0 bridgehead atoms. The minimum absolute atomic E-state index is 0.0416. The number of carbonyl (C=O) groups is 2. The number of carbonyl (C=O) groups excluding carboxylic acids is 1. The van der Waals surface area contributed by atoms with E-state index in [0.29, 0.717) is 19.0 Å². The van der Waals surface area contributed by atoms with Crippen molar-refractivity contribution in [2.75, 3.05) is 39.8 Å². The van der Waals surface area contributed by atoms with Crippen LogP contribution in [0.1, 0.15) is 38.5 Å². The van der Waals surface area contributed by atoms with Crippen molar-refractivity contribution in [2.45, 2.75) is 44.6 Å². The lowest BCUT2D eigenvalue weighted by molar-refractivity contribution is -0.137. The second kappa shape index (κ2) is 7.64. The summed E-state index contributed by atoms with van der Waals surface area (Å²) in [4.78, 5) is 28.9. The Bertz CT molecular complexity index is 369. The molecule has 2 heterocycles. The van der Waals surface area contributed by atoms with Gasteiger partial charge < -0.3 is 14.9 Å². The summed E-state index contributed by atoms with van der Waals surface area (Å²) in [6, 6.07) is 0.557. The number of nitrogens with zero attached hydrogens (tertiary/aromatic N) is 3. The van der Waals surface area contributed by atoms with Crippen LogP contribution in [-0.4, -0.2) is 77.6 Å². The number of piperidine rings is 1. The molecule has 0 saturated carbocycles. The van der Waals surface area contributed by atoms with E-state index >= 15 is 0 Å². The Labute approximate surface area is 126 Å². The summed E-state index contributed by atoms with van der Waals surface area (Å²) in [6.45, 7) is 4.49. The van der Waals surface area contributed by atoms with Crippen LogP contribution in [0.4, 0.5) is 4.79 Å². The topological polar surface area (TPSA) is 64.1 Å². The number of rotatable bonds is 5. The second-order valence-corrected chi connectivity index (χ2v) is 6.19. The van der Waals surface area contributed by atoms with Crippen molar-refractivity contribution in [3.8, 4) is 0 Å². The second-order valence-electron chi connectivity index (χ2n) is 6.19. The summed E-state index contributed by atoms with van der Waals surface area (Å²) in [7, 11) is 1.76. The summed E-state index contributed by atoms with van der Waals surface area (Å²) >= 11 is 0. The Hall–Kier alpha value is -1.30. The van der Waals surface area contributed by atoms with E-state index in [1.54, 1.807) is 11.9 Å². The molecule has 0 aromatic rings. The van der Waals surface area contributed by atoms with Gasteiger partial charge in [0.2, 0.25) is 0 Å². The zero-order chi connectivity index (χ0) is 15.2. The summed E-state index contributed by atoms with van der Waals surface area (Å²) in [5.41, 5.74) is 0. The zero-order valence-corrected chi connectivity index (χ0v) is 13.0. The first kappa shape index (κ1) is 16.1. The molecule has 2 aliphatic heterocycles. The van der Waals surface area contributed by atoms with E-state index in [0.717, 1.165) is 19.5 Å². The molecule has 21 heavy (non-hydrogen) atoms. The van der Waals surface area contributed by atoms with Crippen molar-refractivity contribution in [2.24, 2.45) is 0 Å². The Morgan fingerprint density at radius 3 is 2.57 bits per heavy atom. The molecule has 2 saturated heterocycles. The number of aliphatic carboxylic acids is 1. The average molecular weight is 297 g/mol. The van der Waals surface area contributed by atoms with Crippen LogP contribution in [-0.2, 0) is 4.79 Å². The lowest BCUT2D eigenvalue weighted by Crippen LogP contribution is -2.44. The van der Waals surface area contributed by atoms with Crippen LogP contribution in [0.15, 0.2) is 0 Å². The van der Waals surface area contributed by atoms with Crippen molar-refractivity contribution in [3.63, 3.8) is 0 Å². The number of likely N-dealkylation sites (tertiary alicyclic amines) is 2. The largest absolute Gasteiger partial charge is 0.481 e. The number of urea groups is 1. The van der Waals surface area contributed by atoms with Gasteiger partial charge >= 0.3 is 12.0 Å². The molecule has 6 nitrogen and oxygen atoms in total. The molecular formula is C15H27N3O3. The van der Waals surface area contributed by atoms with Crippen molar-refractivity contribution in [3.05, 3.63) is 0 Å². The smallest absolute Gasteiger partial charge is 0.319 e. The predicted octanol–water partition coefficient (Wildman–Crippen LogP) is 1.46. The Morgan fingerprint density at radius 1 is 1.19 bits per heavy atom. The minimum atomic E-state index is -0.804. The summed E-state index contributed by atoms with van der Waals surface area (Å²) in [5, 5.41) is 8.64. The molecule has 2 fully saturated rings. The van der Waals surface area contributed by atoms with Crippen LogP contribution in [0.5, 0.6) is 0 Å². The fourth-order valence-corrected chi connectivity index (χ4v) is 3.30. The van der Waals surface area contributed by atoms with Crippen LogP contribution >= 0.6 is 0 Å². The van der Waals surface area contributed by atoms with Crippen molar-refractivity contribution in [1.29, 1.82) is 0 Å². The van der Waals surface area contributed by atoms with Gasteiger partial charge in [0.15, 0.2) is 0 Å². The van der Waals surface area contributed by atoms with Crippen LogP contribution in [0.2, 0.25) is 0 Å². The molecule has 2 aliphatic rings. The lowest BCUT2D eigenvalue weighted by Gasteiger charge is -2.32. The summed E-state index contributed by atoms with van der Waals surface area (Å²) in [5.74, 6) is -0.804. The third-order valence-corrected chi connectivity index (χ3v) is 4.55. The van der Waals surface area contributed by atoms with Crippen molar-refractivity contribution < 1.29 is 14.7 Å². The fourth-order valence-electron chi connectivity index (χ4n) is 3.30.